The summed E-state index contributed by atoms with van der Waals surface area (Å²) in [5, 5.41) is 0. The number of rotatable bonds is 2. The molecule has 188 valence electrons. The second-order valence-corrected chi connectivity index (χ2v) is 14.5. The fourth-order valence-electron chi connectivity index (χ4n) is 10.2. The smallest absolute Gasteiger partial charge is 0.309 e. The Morgan fingerprint density at radius 1 is 0.941 bits per heavy atom. The van der Waals surface area contributed by atoms with Crippen molar-refractivity contribution in [1.82, 2.24) is 0 Å². The number of allylic oxidation sites excluding steroid dienone is 2. The van der Waals surface area contributed by atoms with E-state index in [4.69, 9.17) is 9.47 Å². The monoisotopic (exact) mass is 468 g/mol. The van der Waals surface area contributed by atoms with E-state index < -0.39 is 0 Å². The summed E-state index contributed by atoms with van der Waals surface area (Å²) in [5.74, 6) is 1.87. The van der Waals surface area contributed by atoms with Gasteiger partial charge in [0.1, 0.15) is 18.0 Å². The van der Waals surface area contributed by atoms with Gasteiger partial charge in [0.25, 0.3) is 0 Å². The molecule has 2 aliphatic heterocycles. The average molecular weight is 469 g/mol. The minimum atomic E-state index is -0.226. The Labute approximate surface area is 205 Å². The maximum Gasteiger partial charge on any atom is 0.309 e. The molecule has 34 heavy (non-hydrogen) atoms. The molecule has 3 saturated carbocycles. The lowest BCUT2D eigenvalue weighted by Gasteiger charge is -2.63. The average Bonchev–Trinajstić information content (AvgIpc) is 3.08. The van der Waals surface area contributed by atoms with Gasteiger partial charge in [-0.2, -0.15) is 0 Å². The molecule has 5 fully saturated rings. The summed E-state index contributed by atoms with van der Waals surface area (Å²) in [6, 6.07) is 0. The van der Waals surface area contributed by atoms with Crippen molar-refractivity contribution < 1.29 is 19.1 Å². The predicted octanol–water partition coefficient (Wildman–Crippen LogP) is 6.27. The molecule has 0 radical (unpaired) electrons. The van der Waals surface area contributed by atoms with Crippen LogP contribution in [0.25, 0.3) is 0 Å². The van der Waals surface area contributed by atoms with Crippen molar-refractivity contribution >= 4 is 11.8 Å². The fraction of sp³-hybridized carbons (Fsp3) is 0.867. The van der Waals surface area contributed by atoms with Gasteiger partial charge in [0.2, 0.25) is 0 Å². The van der Waals surface area contributed by atoms with Crippen molar-refractivity contribution in [3.05, 3.63) is 11.6 Å². The number of carbonyl (C=O) groups excluding carboxylic acids is 2. The predicted molar refractivity (Wildman–Crippen MR) is 131 cm³/mol. The Kier molecular flexibility index (Phi) is 4.64. The van der Waals surface area contributed by atoms with Crippen molar-refractivity contribution in [2.24, 2.45) is 45.3 Å². The Bertz CT molecular complexity index is 976. The quantitative estimate of drug-likeness (QED) is 0.272. The van der Waals surface area contributed by atoms with E-state index in [-0.39, 0.29) is 51.4 Å². The number of hydrogen-bond acceptors (Lipinski definition) is 4. The molecule has 0 amide bonds. The van der Waals surface area contributed by atoms with E-state index in [0.717, 1.165) is 32.1 Å². The zero-order valence-electron chi connectivity index (χ0n) is 22.3. The molecule has 4 heteroatoms. The minimum absolute atomic E-state index is 0.00661. The Hall–Kier alpha value is -1.16. The third-order valence-electron chi connectivity index (χ3n) is 12.6. The molecule has 6 rings (SSSR count). The highest BCUT2D eigenvalue weighted by Gasteiger charge is 2.67. The van der Waals surface area contributed by atoms with E-state index in [1.165, 1.54) is 19.3 Å². The van der Waals surface area contributed by atoms with E-state index >= 15 is 0 Å². The van der Waals surface area contributed by atoms with E-state index in [1.54, 1.807) is 5.57 Å². The van der Waals surface area contributed by atoms with Crippen LogP contribution < -0.4 is 0 Å². The van der Waals surface area contributed by atoms with Gasteiger partial charge in [-0.25, -0.2) is 0 Å². The van der Waals surface area contributed by atoms with Gasteiger partial charge >= 0.3 is 5.97 Å². The van der Waals surface area contributed by atoms with Crippen LogP contribution in [0.4, 0.5) is 0 Å². The number of esters is 1. The van der Waals surface area contributed by atoms with E-state index in [2.05, 4.69) is 54.5 Å². The molecular weight excluding hydrogens is 424 g/mol. The first-order chi connectivity index (χ1) is 15.8. The van der Waals surface area contributed by atoms with Crippen LogP contribution in [0.1, 0.15) is 99.8 Å². The van der Waals surface area contributed by atoms with Crippen LogP contribution in [0, 0.1) is 45.3 Å². The number of Topliss-reactive ketones (excluding diaryl/α,β-unsaturated/α-hetero) is 1. The molecule has 6 aliphatic rings. The van der Waals surface area contributed by atoms with Crippen molar-refractivity contribution in [1.29, 1.82) is 0 Å². The molecule has 0 aromatic rings. The van der Waals surface area contributed by atoms with Crippen LogP contribution in [-0.2, 0) is 19.1 Å². The van der Waals surface area contributed by atoms with E-state index in [9.17, 15) is 9.59 Å². The first-order valence-electron chi connectivity index (χ1n) is 13.9. The molecule has 2 heterocycles. The highest BCUT2D eigenvalue weighted by Crippen LogP contribution is 2.73. The summed E-state index contributed by atoms with van der Waals surface area (Å²) in [6.07, 6.45) is 10.8. The fourth-order valence-corrected chi connectivity index (χ4v) is 10.2. The number of fused-ring (bicyclic) bond motifs is 5. The summed E-state index contributed by atoms with van der Waals surface area (Å²) in [4.78, 5) is 26.0. The lowest BCUT2D eigenvalue weighted by atomic mass is 9.41. The molecule has 0 bridgehead atoms. The van der Waals surface area contributed by atoms with Gasteiger partial charge in [0.15, 0.2) is 0 Å². The molecule has 4 nitrogen and oxygen atoms in total. The molecule has 0 spiro atoms. The normalized spacial score (nSPS) is 52.9. The number of epoxide rings is 1. The molecule has 9 atom stereocenters. The van der Waals surface area contributed by atoms with Gasteiger partial charge in [-0.15, -0.1) is 0 Å². The topological polar surface area (TPSA) is 55.9 Å². The third-order valence-corrected chi connectivity index (χ3v) is 12.6. The van der Waals surface area contributed by atoms with Crippen molar-refractivity contribution in [2.75, 3.05) is 0 Å². The standard InChI is InChI=1S/C30H44O4/c1-26(2)22-9-8-20-19(28(22,5)13-12-23(26)31)11-15-29(6)18(10-14-30(20,29)7)17-16-21(33-25(17)32)24-27(3,4)34-24/h8,17-19,21-22,24H,9-16H2,1-7H3. The van der Waals surface area contributed by atoms with E-state index in [0.29, 0.717) is 23.5 Å². The van der Waals surface area contributed by atoms with Crippen LogP contribution in [0.15, 0.2) is 11.6 Å². The number of cyclic esters (lactones) is 1. The molecule has 0 N–H and O–H groups in total. The Morgan fingerprint density at radius 3 is 2.32 bits per heavy atom. The highest BCUT2D eigenvalue weighted by molar-refractivity contribution is 5.85. The van der Waals surface area contributed by atoms with Crippen molar-refractivity contribution in [3.63, 3.8) is 0 Å². The summed E-state index contributed by atoms with van der Waals surface area (Å²) in [7, 11) is 0. The van der Waals surface area contributed by atoms with Crippen molar-refractivity contribution in [2.45, 2.75) is 118 Å². The number of ether oxygens (including phenoxy) is 2. The first kappa shape index (κ1) is 23.3. The van der Waals surface area contributed by atoms with Gasteiger partial charge in [0.05, 0.1) is 11.5 Å². The third kappa shape index (κ3) is 2.75. The maximum absolute atomic E-state index is 13.1. The van der Waals surface area contributed by atoms with E-state index in [1.807, 2.05) is 0 Å². The second-order valence-electron chi connectivity index (χ2n) is 14.5. The van der Waals surface area contributed by atoms with Crippen LogP contribution >= 0.6 is 0 Å². The maximum atomic E-state index is 13.1. The largest absolute Gasteiger partial charge is 0.459 e. The Balaban J connectivity index is 1.30. The van der Waals surface area contributed by atoms with Crippen LogP contribution in [0.2, 0.25) is 0 Å². The van der Waals surface area contributed by atoms with Gasteiger partial charge < -0.3 is 9.47 Å². The second kappa shape index (κ2) is 6.78. The van der Waals surface area contributed by atoms with Gasteiger partial charge in [-0.3, -0.25) is 9.59 Å². The Morgan fingerprint density at radius 2 is 1.65 bits per heavy atom. The van der Waals surface area contributed by atoms with Gasteiger partial charge in [-0.05, 0) is 86.4 Å². The molecule has 9 unspecified atom stereocenters. The highest BCUT2D eigenvalue weighted by atomic mass is 16.6. The van der Waals surface area contributed by atoms with Crippen LogP contribution in [0.3, 0.4) is 0 Å². The zero-order valence-corrected chi connectivity index (χ0v) is 22.3. The molecule has 4 aliphatic carbocycles. The zero-order chi connectivity index (χ0) is 24.5. The van der Waals surface area contributed by atoms with Gasteiger partial charge in [-0.1, -0.05) is 46.3 Å². The summed E-state index contributed by atoms with van der Waals surface area (Å²) in [5.41, 5.74) is 1.75. The number of hydrogen-bond donors (Lipinski definition) is 0. The number of carbonyl (C=O) groups is 2. The lowest BCUT2D eigenvalue weighted by molar-refractivity contribution is -0.149. The lowest BCUT2D eigenvalue weighted by Crippen LogP contribution is -2.57. The summed E-state index contributed by atoms with van der Waals surface area (Å²) < 4.78 is 11.8. The molecule has 0 aromatic carbocycles. The van der Waals surface area contributed by atoms with Crippen LogP contribution in [-0.4, -0.2) is 29.6 Å². The number of ketones is 1. The molecule has 0 aromatic heterocycles. The first-order valence-corrected chi connectivity index (χ1v) is 13.9. The molecular formula is C30H44O4. The molecule has 2 saturated heterocycles. The summed E-state index contributed by atoms with van der Waals surface area (Å²) >= 11 is 0. The van der Waals surface area contributed by atoms with Crippen molar-refractivity contribution in [3.8, 4) is 0 Å². The SMILES string of the molecule is CC1(C)OC1C1CC(C2CCC3(C)C4=CCC5C(C)(C)C(=O)CCC5(C)C4CCC23C)C(=O)O1. The van der Waals surface area contributed by atoms with Gasteiger partial charge in [0, 0.05) is 18.3 Å². The summed E-state index contributed by atoms with van der Waals surface area (Å²) in [6.45, 7) is 16.1. The van der Waals surface area contributed by atoms with Crippen LogP contribution in [0.5, 0.6) is 0 Å². The minimum Gasteiger partial charge on any atom is -0.459 e.